The first-order chi connectivity index (χ1) is 16.5. The molecule has 0 aliphatic carbocycles. The minimum Gasteiger partial charge on any atom is -0.379 e. The predicted octanol–water partition coefficient (Wildman–Crippen LogP) is 3.27. The minimum atomic E-state index is -3.99. The maximum absolute atomic E-state index is 12.3. The lowest BCUT2D eigenvalue weighted by molar-refractivity contribution is -0.394. The Balaban J connectivity index is 1.60. The van der Waals surface area contributed by atoms with Crippen molar-refractivity contribution in [1.29, 1.82) is 0 Å². The van der Waals surface area contributed by atoms with Gasteiger partial charge in [-0.25, -0.2) is 5.43 Å². The maximum Gasteiger partial charge on any atom is 0.339 e. The molecule has 0 aromatic heterocycles. The largest absolute Gasteiger partial charge is 0.379 e. The van der Waals surface area contributed by atoms with Crippen LogP contribution in [0.5, 0.6) is 5.75 Å². The smallest absolute Gasteiger partial charge is 0.339 e. The van der Waals surface area contributed by atoms with Gasteiger partial charge in [0.15, 0.2) is 0 Å². The van der Waals surface area contributed by atoms with Gasteiger partial charge in [-0.15, -0.1) is 0 Å². The van der Waals surface area contributed by atoms with Crippen molar-refractivity contribution in [2.45, 2.75) is 18.2 Å². The van der Waals surface area contributed by atoms with Crippen molar-refractivity contribution in [3.05, 3.63) is 104 Å². The van der Waals surface area contributed by atoms with Gasteiger partial charge < -0.3 is 4.18 Å². The molecule has 13 heteroatoms. The van der Waals surface area contributed by atoms with Gasteiger partial charge in [0, 0.05) is 11.6 Å². The van der Waals surface area contributed by atoms with Crippen LogP contribution in [0, 0.1) is 27.2 Å². The fourth-order valence-corrected chi connectivity index (χ4v) is 3.80. The van der Waals surface area contributed by atoms with E-state index < -0.39 is 43.7 Å². The molecule has 0 aliphatic heterocycles. The Kier molecular flexibility index (Phi) is 7.51. The van der Waals surface area contributed by atoms with Crippen molar-refractivity contribution in [3.8, 4) is 5.75 Å². The highest BCUT2D eigenvalue weighted by Crippen LogP contribution is 2.25. The van der Waals surface area contributed by atoms with Crippen LogP contribution in [0.25, 0.3) is 0 Å². The second kappa shape index (κ2) is 10.5. The normalized spacial score (nSPS) is 11.2. The van der Waals surface area contributed by atoms with Crippen molar-refractivity contribution in [2.75, 3.05) is 0 Å². The van der Waals surface area contributed by atoms with Gasteiger partial charge in [-0.05, 0) is 55.0 Å². The zero-order valence-corrected chi connectivity index (χ0v) is 19.0. The van der Waals surface area contributed by atoms with Gasteiger partial charge in [0.05, 0.1) is 28.5 Å². The van der Waals surface area contributed by atoms with Crippen molar-refractivity contribution in [2.24, 2.45) is 5.10 Å². The van der Waals surface area contributed by atoms with E-state index >= 15 is 0 Å². The Morgan fingerprint density at radius 3 is 2.26 bits per heavy atom. The first-order valence-electron chi connectivity index (χ1n) is 9.90. The SMILES string of the molecule is Cc1ccc(S(=O)(=O)Oc2ccc(/C=N/NC(=O)Cc3ccc([N+](=O)[O-])cc3[N+](=O)[O-])cc2)cc1. The van der Waals surface area contributed by atoms with E-state index in [-0.39, 0.29) is 16.2 Å². The van der Waals surface area contributed by atoms with E-state index in [4.69, 9.17) is 4.18 Å². The van der Waals surface area contributed by atoms with Gasteiger partial charge in [0.2, 0.25) is 5.91 Å². The lowest BCUT2D eigenvalue weighted by Gasteiger charge is -2.07. The number of non-ortho nitro benzene ring substituents is 1. The highest BCUT2D eigenvalue weighted by Gasteiger charge is 2.21. The molecular weight excluding hydrogens is 480 g/mol. The van der Waals surface area contributed by atoms with Crippen LogP contribution in [0.15, 0.2) is 76.7 Å². The zero-order chi connectivity index (χ0) is 25.6. The highest BCUT2D eigenvalue weighted by atomic mass is 32.2. The van der Waals surface area contributed by atoms with Crippen LogP contribution in [0.2, 0.25) is 0 Å². The van der Waals surface area contributed by atoms with Gasteiger partial charge in [0.1, 0.15) is 10.6 Å². The lowest BCUT2D eigenvalue weighted by Crippen LogP contribution is -2.20. The molecule has 12 nitrogen and oxygen atoms in total. The molecule has 180 valence electrons. The molecule has 0 unspecified atom stereocenters. The number of hydrazone groups is 1. The molecule has 0 heterocycles. The summed E-state index contributed by atoms with van der Waals surface area (Å²) in [5.74, 6) is -0.598. The molecule has 0 aliphatic rings. The number of carbonyl (C=O) groups is 1. The maximum atomic E-state index is 12.3. The molecule has 35 heavy (non-hydrogen) atoms. The summed E-state index contributed by atoms with van der Waals surface area (Å²) in [6, 6.07) is 15.0. The quantitative estimate of drug-likeness (QED) is 0.203. The third-order valence-corrected chi connectivity index (χ3v) is 5.89. The molecule has 3 rings (SSSR count). The molecule has 0 saturated carbocycles. The number of benzene rings is 3. The predicted molar refractivity (Wildman–Crippen MR) is 125 cm³/mol. The van der Waals surface area contributed by atoms with Crippen LogP contribution in [-0.4, -0.2) is 30.4 Å². The molecule has 0 saturated heterocycles. The van der Waals surface area contributed by atoms with Crippen molar-refractivity contribution in [1.82, 2.24) is 5.43 Å². The molecular formula is C22H18N4O8S. The lowest BCUT2D eigenvalue weighted by atomic mass is 10.1. The van der Waals surface area contributed by atoms with E-state index in [1.165, 1.54) is 42.6 Å². The van der Waals surface area contributed by atoms with Crippen LogP contribution < -0.4 is 9.61 Å². The Labute approximate surface area is 199 Å². The van der Waals surface area contributed by atoms with E-state index in [9.17, 15) is 33.4 Å². The number of aryl methyl sites for hydroxylation is 1. The number of hydrogen-bond donors (Lipinski definition) is 1. The number of nitrogens with zero attached hydrogens (tertiary/aromatic N) is 3. The first kappa shape index (κ1) is 25.0. The van der Waals surface area contributed by atoms with Crippen LogP contribution in [0.3, 0.4) is 0 Å². The topological polar surface area (TPSA) is 171 Å². The van der Waals surface area contributed by atoms with Gasteiger partial charge in [-0.3, -0.25) is 25.0 Å². The second-order valence-electron chi connectivity index (χ2n) is 7.22. The molecule has 3 aromatic rings. The summed E-state index contributed by atoms with van der Waals surface area (Å²) in [7, 11) is -3.99. The number of nitrogens with one attached hydrogen (secondary N) is 1. The Morgan fingerprint density at radius 1 is 1.00 bits per heavy atom. The number of nitro groups is 2. The van der Waals surface area contributed by atoms with Gasteiger partial charge in [-0.1, -0.05) is 17.7 Å². The van der Waals surface area contributed by atoms with Crippen LogP contribution in [-0.2, 0) is 21.3 Å². The average molecular weight is 498 g/mol. The highest BCUT2D eigenvalue weighted by molar-refractivity contribution is 7.87. The van der Waals surface area contributed by atoms with Gasteiger partial charge in [0.25, 0.3) is 11.4 Å². The number of nitro benzene ring substituents is 2. The molecule has 0 radical (unpaired) electrons. The molecule has 0 bridgehead atoms. The number of rotatable bonds is 9. The van der Waals surface area contributed by atoms with E-state index in [1.807, 2.05) is 6.92 Å². The fraction of sp³-hybridized carbons (Fsp3) is 0.0909. The molecule has 0 fully saturated rings. The average Bonchev–Trinajstić information content (AvgIpc) is 2.80. The Hall–Kier alpha value is -4.65. The summed E-state index contributed by atoms with van der Waals surface area (Å²) in [5, 5.41) is 25.7. The van der Waals surface area contributed by atoms with Crippen molar-refractivity contribution >= 4 is 33.6 Å². The van der Waals surface area contributed by atoms with Crippen molar-refractivity contribution < 1.29 is 27.2 Å². The van der Waals surface area contributed by atoms with E-state index in [0.717, 1.165) is 23.8 Å². The summed E-state index contributed by atoms with van der Waals surface area (Å²) in [6.45, 7) is 1.83. The molecule has 0 spiro atoms. The summed E-state index contributed by atoms with van der Waals surface area (Å²) in [5.41, 5.74) is 2.61. The van der Waals surface area contributed by atoms with E-state index in [1.54, 1.807) is 12.1 Å². The fourth-order valence-electron chi connectivity index (χ4n) is 2.87. The van der Waals surface area contributed by atoms with Gasteiger partial charge >= 0.3 is 10.1 Å². The molecule has 3 aromatic carbocycles. The number of amides is 1. The molecule has 1 N–H and O–H groups in total. The third kappa shape index (κ3) is 6.68. The monoisotopic (exact) mass is 498 g/mol. The van der Waals surface area contributed by atoms with E-state index in [0.29, 0.717) is 5.56 Å². The van der Waals surface area contributed by atoms with Crippen LogP contribution in [0.4, 0.5) is 11.4 Å². The summed E-state index contributed by atoms with van der Waals surface area (Å²) < 4.78 is 29.8. The van der Waals surface area contributed by atoms with Gasteiger partial charge in [-0.2, -0.15) is 13.5 Å². The zero-order valence-electron chi connectivity index (χ0n) is 18.2. The standard InChI is InChI=1S/C22H18N4O8S/c1-15-2-10-20(11-3-15)35(32,33)34-19-8-4-16(5-9-19)14-23-24-22(27)12-17-6-7-18(25(28)29)13-21(17)26(30)31/h2-11,13-14H,12H2,1H3,(H,24,27)/b23-14+. The summed E-state index contributed by atoms with van der Waals surface area (Å²) in [4.78, 5) is 32.5. The second-order valence-corrected chi connectivity index (χ2v) is 8.76. The summed E-state index contributed by atoms with van der Waals surface area (Å²) >= 11 is 0. The number of carbonyl (C=O) groups excluding carboxylic acids is 1. The van der Waals surface area contributed by atoms with Crippen LogP contribution in [0.1, 0.15) is 16.7 Å². The number of hydrogen-bond acceptors (Lipinski definition) is 9. The van der Waals surface area contributed by atoms with Crippen molar-refractivity contribution in [3.63, 3.8) is 0 Å². The first-order valence-corrected chi connectivity index (χ1v) is 11.3. The van der Waals surface area contributed by atoms with E-state index in [2.05, 4.69) is 10.5 Å². The third-order valence-electron chi connectivity index (χ3n) is 4.63. The Bertz CT molecular complexity index is 1400. The summed E-state index contributed by atoms with van der Waals surface area (Å²) in [6.07, 6.45) is 0.857. The molecule has 0 atom stereocenters. The molecule has 1 amide bonds. The van der Waals surface area contributed by atoms with Crippen LogP contribution >= 0.6 is 0 Å². The Morgan fingerprint density at radius 2 is 1.66 bits per heavy atom. The minimum absolute atomic E-state index is 0.00964.